The molecule has 1 saturated carbocycles. The van der Waals surface area contributed by atoms with Gasteiger partial charge < -0.3 is 10.0 Å². The molecule has 31 heavy (non-hydrogen) atoms. The Bertz CT molecular complexity index is 968. The van der Waals surface area contributed by atoms with E-state index in [1.165, 1.54) is 16.2 Å². The number of carbonyl (C=O) groups excluding carboxylic acids is 1. The molecule has 1 heterocycles. The average Bonchev–Trinajstić information content (AvgIpc) is 3.07. The van der Waals surface area contributed by atoms with Crippen molar-refractivity contribution in [3.05, 3.63) is 65.7 Å². The Kier molecular flexibility index (Phi) is 6.77. The van der Waals surface area contributed by atoms with Crippen LogP contribution in [0, 0.1) is 0 Å². The first-order valence-electron chi connectivity index (χ1n) is 10.8. The molecule has 1 aliphatic carbocycles. The maximum Gasteiger partial charge on any atom is 0.323 e. The van der Waals surface area contributed by atoms with Crippen LogP contribution in [0.3, 0.4) is 0 Å². The summed E-state index contributed by atoms with van der Waals surface area (Å²) < 4.78 is 0. The first-order valence-corrected chi connectivity index (χ1v) is 11.6. The summed E-state index contributed by atoms with van der Waals surface area (Å²) in [7, 11) is 0. The summed E-state index contributed by atoms with van der Waals surface area (Å²) in [6, 6.07) is 19.7. The first-order chi connectivity index (χ1) is 15.1. The van der Waals surface area contributed by atoms with Crippen LogP contribution >= 0.6 is 11.3 Å². The van der Waals surface area contributed by atoms with E-state index >= 15 is 0 Å². The van der Waals surface area contributed by atoms with Crippen LogP contribution in [0.2, 0.25) is 0 Å². The van der Waals surface area contributed by atoms with Gasteiger partial charge in [-0.05, 0) is 18.4 Å². The van der Waals surface area contributed by atoms with Gasteiger partial charge in [0, 0.05) is 11.6 Å². The molecule has 3 aromatic rings. The molecule has 1 N–H and O–H groups in total. The van der Waals surface area contributed by atoms with E-state index in [4.69, 9.17) is 4.98 Å². The monoisotopic (exact) mass is 434 g/mol. The maximum absolute atomic E-state index is 13.5. The third-order valence-electron chi connectivity index (χ3n) is 5.73. The molecule has 0 unspecified atom stereocenters. The van der Waals surface area contributed by atoms with Crippen LogP contribution in [0.5, 0.6) is 0 Å². The largest absolute Gasteiger partial charge is 0.480 e. The van der Waals surface area contributed by atoms with E-state index in [2.05, 4.69) is 0 Å². The summed E-state index contributed by atoms with van der Waals surface area (Å²) in [4.78, 5) is 32.3. The molecule has 0 radical (unpaired) electrons. The van der Waals surface area contributed by atoms with Crippen LogP contribution in [0.1, 0.15) is 48.3 Å². The van der Waals surface area contributed by atoms with Crippen molar-refractivity contribution >= 4 is 23.2 Å². The number of nitrogens with zero attached hydrogens (tertiary/aromatic N) is 2. The Morgan fingerprint density at radius 1 is 0.903 bits per heavy atom. The third-order valence-corrected chi connectivity index (χ3v) is 6.82. The standard InChI is InChI=1S/C25H26N2O3S/c28-21(29)17-27(20-15-9-1-2-10-16-20)25(30)24-26-22(18-11-5-3-6-12-18)23(31-24)19-13-7-4-8-14-19/h3-8,11-14,20H,1-2,9-10,15-17H2,(H,28,29). The zero-order valence-corrected chi connectivity index (χ0v) is 18.2. The second-order valence-corrected chi connectivity index (χ2v) is 8.90. The van der Waals surface area contributed by atoms with Gasteiger partial charge in [0.05, 0.1) is 10.6 Å². The van der Waals surface area contributed by atoms with Crippen molar-refractivity contribution in [1.82, 2.24) is 9.88 Å². The molecule has 1 aliphatic rings. The van der Waals surface area contributed by atoms with Crippen molar-refractivity contribution in [1.29, 1.82) is 0 Å². The highest BCUT2D eigenvalue weighted by Crippen LogP contribution is 2.37. The number of aromatic nitrogens is 1. The summed E-state index contributed by atoms with van der Waals surface area (Å²) in [5, 5.41) is 9.84. The molecule has 0 bridgehead atoms. The minimum atomic E-state index is -0.985. The van der Waals surface area contributed by atoms with Gasteiger partial charge in [-0.2, -0.15) is 0 Å². The van der Waals surface area contributed by atoms with E-state index in [1.54, 1.807) is 0 Å². The third kappa shape index (κ3) is 5.02. The number of carbonyl (C=O) groups is 2. The van der Waals surface area contributed by atoms with Crippen LogP contribution in [0.25, 0.3) is 21.7 Å². The first kappa shape index (κ1) is 21.2. The molecule has 0 spiro atoms. The molecule has 0 atom stereocenters. The molecule has 1 fully saturated rings. The van der Waals surface area contributed by atoms with Gasteiger partial charge in [0.1, 0.15) is 6.54 Å². The van der Waals surface area contributed by atoms with Gasteiger partial charge in [-0.3, -0.25) is 9.59 Å². The quantitative estimate of drug-likeness (QED) is 0.503. The Hall–Kier alpha value is -2.99. The highest BCUT2D eigenvalue weighted by Gasteiger charge is 2.30. The van der Waals surface area contributed by atoms with Crippen LogP contribution in [0.15, 0.2) is 60.7 Å². The van der Waals surface area contributed by atoms with Gasteiger partial charge in [0.15, 0.2) is 5.01 Å². The molecular formula is C25H26N2O3S. The fourth-order valence-electron chi connectivity index (χ4n) is 4.19. The number of amides is 1. The smallest absolute Gasteiger partial charge is 0.323 e. The van der Waals surface area contributed by atoms with Gasteiger partial charge in [-0.1, -0.05) is 86.3 Å². The van der Waals surface area contributed by atoms with Gasteiger partial charge in [0.25, 0.3) is 5.91 Å². The van der Waals surface area contributed by atoms with Crippen molar-refractivity contribution in [2.45, 2.75) is 44.6 Å². The normalized spacial score (nSPS) is 14.7. The van der Waals surface area contributed by atoms with Crippen molar-refractivity contribution in [2.24, 2.45) is 0 Å². The average molecular weight is 435 g/mol. The van der Waals surface area contributed by atoms with Crippen LogP contribution in [-0.4, -0.2) is 39.5 Å². The lowest BCUT2D eigenvalue weighted by atomic mass is 10.1. The molecule has 160 valence electrons. The molecule has 4 rings (SSSR count). The number of carboxylic acid groups (broad SMARTS) is 1. The lowest BCUT2D eigenvalue weighted by Gasteiger charge is -2.29. The summed E-state index contributed by atoms with van der Waals surface area (Å²) >= 11 is 1.34. The van der Waals surface area contributed by atoms with Gasteiger partial charge >= 0.3 is 5.97 Å². The van der Waals surface area contributed by atoms with Crippen molar-refractivity contribution in [3.63, 3.8) is 0 Å². The number of thiazole rings is 1. The molecule has 2 aromatic carbocycles. The minimum Gasteiger partial charge on any atom is -0.480 e. The number of aliphatic carboxylic acids is 1. The fraction of sp³-hybridized carbons (Fsp3) is 0.320. The summed E-state index contributed by atoms with van der Waals surface area (Å²) in [5.74, 6) is -1.26. The number of carboxylic acids is 1. The summed E-state index contributed by atoms with van der Waals surface area (Å²) in [6.45, 7) is -0.287. The minimum absolute atomic E-state index is 0.0460. The molecule has 5 nitrogen and oxygen atoms in total. The molecule has 0 saturated heterocycles. The zero-order chi connectivity index (χ0) is 21.6. The fourth-order valence-corrected chi connectivity index (χ4v) is 5.24. The number of hydrogen-bond donors (Lipinski definition) is 1. The second-order valence-electron chi connectivity index (χ2n) is 7.90. The van der Waals surface area contributed by atoms with Gasteiger partial charge in [0.2, 0.25) is 0 Å². The topological polar surface area (TPSA) is 70.5 Å². The summed E-state index contributed by atoms with van der Waals surface area (Å²) in [5.41, 5.74) is 2.70. The number of hydrogen-bond acceptors (Lipinski definition) is 4. The molecule has 1 aromatic heterocycles. The lowest BCUT2D eigenvalue weighted by molar-refractivity contribution is -0.138. The number of rotatable bonds is 6. The zero-order valence-electron chi connectivity index (χ0n) is 17.4. The van der Waals surface area contributed by atoms with E-state index < -0.39 is 5.97 Å². The SMILES string of the molecule is O=C(O)CN(C(=O)c1nc(-c2ccccc2)c(-c2ccccc2)s1)C1CCCCCC1. The Labute approximate surface area is 186 Å². The maximum atomic E-state index is 13.5. The molecular weight excluding hydrogens is 408 g/mol. The number of benzene rings is 2. The molecule has 6 heteroatoms. The van der Waals surface area contributed by atoms with Crippen LogP contribution in [-0.2, 0) is 4.79 Å². The van der Waals surface area contributed by atoms with Crippen molar-refractivity contribution < 1.29 is 14.7 Å². The van der Waals surface area contributed by atoms with Crippen molar-refractivity contribution in [3.8, 4) is 21.7 Å². The predicted molar refractivity (Wildman–Crippen MR) is 123 cm³/mol. The van der Waals surface area contributed by atoms with Crippen LogP contribution in [0.4, 0.5) is 0 Å². The van der Waals surface area contributed by atoms with Crippen LogP contribution < -0.4 is 0 Å². The van der Waals surface area contributed by atoms with E-state index in [0.717, 1.165) is 60.2 Å². The van der Waals surface area contributed by atoms with E-state index in [9.17, 15) is 14.7 Å². The highest BCUT2D eigenvalue weighted by molar-refractivity contribution is 7.17. The van der Waals surface area contributed by atoms with E-state index in [0.29, 0.717) is 5.01 Å². The second kappa shape index (κ2) is 9.88. The molecule has 1 amide bonds. The Morgan fingerprint density at radius 3 is 2.06 bits per heavy atom. The Balaban J connectivity index is 1.74. The van der Waals surface area contributed by atoms with Gasteiger partial charge in [-0.15, -0.1) is 11.3 Å². The Morgan fingerprint density at radius 2 is 1.48 bits per heavy atom. The van der Waals surface area contributed by atoms with Gasteiger partial charge in [-0.25, -0.2) is 4.98 Å². The predicted octanol–water partition coefficient (Wildman–Crippen LogP) is 5.73. The molecule has 0 aliphatic heterocycles. The summed E-state index contributed by atoms with van der Waals surface area (Å²) in [6.07, 6.45) is 6.02. The van der Waals surface area contributed by atoms with E-state index in [1.807, 2.05) is 60.7 Å². The van der Waals surface area contributed by atoms with E-state index in [-0.39, 0.29) is 18.5 Å². The lowest BCUT2D eigenvalue weighted by Crippen LogP contribution is -2.43. The highest BCUT2D eigenvalue weighted by atomic mass is 32.1. The van der Waals surface area contributed by atoms with Crippen molar-refractivity contribution in [2.75, 3.05) is 6.54 Å².